The largest absolute Gasteiger partial charge is 0.465 e. The Morgan fingerprint density at radius 2 is 2.47 bits per heavy atom. The molecule has 1 aromatic heterocycles. The maximum Gasteiger partial charge on any atom is 0.407 e. The maximum atomic E-state index is 13.3. The number of hydrogen-bond acceptors (Lipinski definition) is 2. The van der Waals surface area contributed by atoms with Gasteiger partial charge in [0.15, 0.2) is 0 Å². The van der Waals surface area contributed by atoms with Gasteiger partial charge in [0, 0.05) is 30.8 Å². The molecule has 1 amide bonds. The zero-order chi connectivity index (χ0) is 10.8. The number of rotatable bonds is 1. The van der Waals surface area contributed by atoms with Crippen LogP contribution >= 0.6 is 0 Å². The molecule has 1 aliphatic heterocycles. The second-order valence-corrected chi connectivity index (χ2v) is 3.60. The molecule has 0 aliphatic carbocycles. The molecule has 0 bridgehead atoms. The van der Waals surface area contributed by atoms with Crippen molar-refractivity contribution in [3.8, 4) is 0 Å². The molecule has 0 spiro atoms. The fraction of sp³-hybridized carbons (Fsp3) is 0.400. The lowest BCUT2D eigenvalue weighted by Crippen LogP contribution is -2.26. The Balaban J connectivity index is 2.14. The van der Waals surface area contributed by atoms with E-state index >= 15 is 0 Å². The van der Waals surface area contributed by atoms with E-state index in [0.717, 1.165) is 0 Å². The van der Waals surface area contributed by atoms with Crippen LogP contribution in [-0.2, 0) is 0 Å². The van der Waals surface area contributed by atoms with Gasteiger partial charge in [-0.2, -0.15) is 4.39 Å². The monoisotopic (exact) mass is 210 g/mol. The number of aromatic nitrogens is 1. The number of halogens is 1. The summed E-state index contributed by atoms with van der Waals surface area (Å²) in [6.45, 7) is 0.826. The van der Waals surface area contributed by atoms with Crippen molar-refractivity contribution in [2.75, 3.05) is 13.1 Å². The third-order valence-corrected chi connectivity index (χ3v) is 2.69. The van der Waals surface area contributed by atoms with Gasteiger partial charge in [-0.15, -0.1) is 0 Å². The number of pyridine rings is 1. The van der Waals surface area contributed by atoms with Crippen molar-refractivity contribution >= 4 is 6.09 Å². The lowest BCUT2D eigenvalue weighted by Gasteiger charge is -2.12. The normalized spacial score (nSPS) is 20.6. The van der Waals surface area contributed by atoms with E-state index in [1.807, 2.05) is 0 Å². The van der Waals surface area contributed by atoms with Crippen molar-refractivity contribution in [2.24, 2.45) is 0 Å². The molecular weight excluding hydrogens is 199 g/mol. The van der Waals surface area contributed by atoms with Crippen LogP contribution in [0.4, 0.5) is 9.18 Å². The highest BCUT2D eigenvalue weighted by Crippen LogP contribution is 2.27. The average Bonchev–Trinajstić information content (AvgIpc) is 2.67. The van der Waals surface area contributed by atoms with E-state index < -0.39 is 12.0 Å². The standard InChI is InChI=1S/C10H11FN2O2/c11-9-8(2-1-4-12-9)7-3-5-13(6-7)10(14)15/h1-2,4,7H,3,5-6H2,(H,14,15). The minimum absolute atomic E-state index is 0.0604. The zero-order valence-electron chi connectivity index (χ0n) is 8.06. The molecule has 15 heavy (non-hydrogen) atoms. The van der Waals surface area contributed by atoms with Gasteiger partial charge in [-0.25, -0.2) is 9.78 Å². The van der Waals surface area contributed by atoms with Crippen molar-refractivity contribution in [3.05, 3.63) is 29.8 Å². The molecule has 0 saturated carbocycles. The first-order valence-electron chi connectivity index (χ1n) is 4.77. The van der Waals surface area contributed by atoms with Crippen LogP contribution in [-0.4, -0.2) is 34.2 Å². The maximum absolute atomic E-state index is 13.3. The van der Waals surface area contributed by atoms with Gasteiger partial charge in [0.05, 0.1) is 0 Å². The summed E-state index contributed by atoms with van der Waals surface area (Å²) < 4.78 is 13.3. The van der Waals surface area contributed by atoms with Gasteiger partial charge in [0.2, 0.25) is 5.95 Å². The second kappa shape index (κ2) is 3.84. The van der Waals surface area contributed by atoms with E-state index in [1.54, 1.807) is 12.1 Å². The molecule has 1 N–H and O–H groups in total. The SMILES string of the molecule is O=C(O)N1CCC(c2cccnc2F)C1. The number of nitrogens with zero attached hydrogens (tertiary/aromatic N) is 2. The van der Waals surface area contributed by atoms with Crippen LogP contribution in [0.5, 0.6) is 0 Å². The molecule has 2 rings (SSSR count). The first-order valence-corrected chi connectivity index (χ1v) is 4.77. The summed E-state index contributed by atoms with van der Waals surface area (Å²) in [7, 11) is 0. The summed E-state index contributed by atoms with van der Waals surface area (Å²) >= 11 is 0. The molecule has 0 aromatic carbocycles. The van der Waals surface area contributed by atoms with Gasteiger partial charge in [-0.3, -0.25) is 0 Å². The summed E-state index contributed by atoms with van der Waals surface area (Å²) in [5, 5.41) is 8.76. The highest BCUT2D eigenvalue weighted by molar-refractivity contribution is 5.65. The summed E-state index contributed by atoms with van der Waals surface area (Å²) in [6, 6.07) is 3.33. The first kappa shape index (κ1) is 9.89. The van der Waals surface area contributed by atoms with Gasteiger partial charge in [0.1, 0.15) is 0 Å². The molecule has 1 saturated heterocycles. The molecular formula is C10H11FN2O2. The van der Waals surface area contributed by atoms with E-state index in [-0.39, 0.29) is 5.92 Å². The summed E-state index contributed by atoms with van der Waals surface area (Å²) in [5.41, 5.74) is 0.515. The molecule has 4 nitrogen and oxygen atoms in total. The van der Waals surface area contributed by atoms with Crippen molar-refractivity contribution in [1.29, 1.82) is 0 Å². The molecule has 1 aromatic rings. The lowest BCUT2D eigenvalue weighted by atomic mass is 10.0. The van der Waals surface area contributed by atoms with E-state index in [1.165, 1.54) is 11.1 Å². The number of hydrogen-bond donors (Lipinski definition) is 1. The minimum atomic E-state index is -0.943. The van der Waals surface area contributed by atoms with E-state index in [4.69, 9.17) is 5.11 Å². The molecule has 2 heterocycles. The zero-order valence-corrected chi connectivity index (χ0v) is 8.06. The third-order valence-electron chi connectivity index (χ3n) is 2.69. The Morgan fingerprint density at radius 3 is 3.07 bits per heavy atom. The Morgan fingerprint density at radius 1 is 1.67 bits per heavy atom. The Labute approximate surface area is 86.4 Å². The van der Waals surface area contributed by atoms with E-state index in [0.29, 0.717) is 25.1 Å². The fourth-order valence-corrected chi connectivity index (χ4v) is 1.89. The smallest absolute Gasteiger partial charge is 0.407 e. The van der Waals surface area contributed by atoms with Crippen molar-refractivity contribution < 1.29 is 14.3 Å². The Kier molecular flexibility index (Phi) is 2.53. The van der Waals surface area contributed by atoms with Crippen molar-refractivity contribution in [3.63, 3.8) is 0 Å². The quantitative estimate of drug-likeness (QED) is 0.717. The van der Waals surface area contributed by atoms with Gasteiger partial charge >= 0.3 is 6.09 Å². The van der Waals surface area contributed by atoms with Crippen LogP contribution in [0.3, 0.4) is 0 Å². The molecule has 5 heteroatoms. The molecule has 1 fully saturated rings. The molecule has 80 valence electrons. The Bertz CT molecular complexity index is 383. The predicted octanol–water partition coefficient (Wildman–Crippen LogP) is 1.69. The van der Waals surface area contributed by atoms with Crippen LogP contribution in [0.1, 0.15) is 17.9 Å². The first-order chi connectivity index (χ1) is 7.18. The molecule has 1 unspecified atom stereocenters. The summed E-state index contributed by atoms with van der Waals surface area (Å²) in [4.78, 5) is 15.5. The van der Waals surface area contributed by atoms with Gasteiger partial charge < -0.3 is 10.0 Å². The van der Waals surface area contributed by atoms with Gasteiger partial charge in [-0.1, -0.05) is 6.07 Å². The molecule has 0 radical (unpaired) electrons. The van der Waals surface area contributed by atoms with Gasteiger partial charge in [-0.05, 0) is 12.5 Å². The minimum Gasteiger partial charge on any atom is -0.465 e. The van der Waals surface area contributed by atoms with E-state index in [2.05, 4.69) is 4.98 Å². The van der Waals surface area contributed by atoms with Crippen LogP contribution in [0.25, 0.3) is 0 Å². The van der Waals surface area contributed by atoms with Gasteiger partial charge in [0.25, 0.3) is 0 Å². The fourth-order valence-electron chi connectivity index (χ4n) is 1.89. The number of likely N-dealkylation sites (tertiary alicyclic amines) is 1. The second-order valence-electron chi connectivity index (χ2n) is 3.60. The highest BCUT2D eigenvalue weighted by atomic mass is 19.1. The third kappa shape index (κ3) is 1.91. The summed E-state index contributed by atoms with van der Waals surface area (Å²) in [5.74, 6) is -0.551. The topological polar surface area (TPSA) is 53.4 Å². The van der Waals surface area contributed by atoms with Crippen molar-refractivity contribution in [1.82, 2.24) is 9.88 Å². The van der Waals surface area contributed by atoms with Crippen LogP contribution in [0.2, 0.25) is 0 Å². The Hall–Kier alpha value is -1.65. The number of carbonyl (C=O) groups is 1. The molecule has 1 atom stereocenters. The van der Waals surface area contributed by atoms with Crippen LogP contribution in [0.15, 0.2) is 18.3 Å². The molecule has 1 aliphatic rings. The lowest BCUT2D eigenvalue weighted by molar-refractivity contribution is 0.155. The highest BCUT2D eigenvalue weighted by Gasteiger charge is 2.28. The van der Waals surface area contributed by atoms with E-state index in [9.17, 15) is 9.18 Å². The van der Waals surface area contributed by atoms with Crippen LogP contribution in [0, 0.1) is 5.95 Å². The average molecular weight is 210 g/mol. The predicted molar refractivity (Wildman–Crippen MR) is 51.2 cm³/mol. The number of carboxylic acid groups (broad SMARTS) is 1. The number of amides is 1. The van der Waals surface area contributed by atoms with Crippen LogP contribution < -0.4 is 0 Å². The van der Waals surface area contributed by atoms with Crippen molar-refractivity contribution in [2.45, 2.75) is 12.3 Å². The summed E-state index contributed by atoms with van der Waals surface area (Å²) in [6.07, 6.45) is 1.11.